The van der Waals surface area contributed by atoms with Gasteiger partial charge in [0, 0.05) is 38.1 Å². The largest absolute Gasteiger partial charge is 0.385 e. The number of piperidine rings is 1. The molecule has 2 rings (SSSR count). The molecule has 1 fully saturated rings. The number of rotatable bonds is 8. The molecule has 1 N–H and O–H groups in total. The zero-order valence-corrected chi connectivity index (χ0v) is 13.5. The van der Waals surface area contributed by atoms with Crippen molar-refractivity contribution >= 4 is 5.69 Å². The maximum atomic E-state index is 5.90. The van der Waals surface area contributed by atoms with Gasteiger partial charge in [-0.15, -0.1) is 0 Å². The molecule has 1 aromatic rings. The third kappa shape index (κ3) is 5.64. The Bertz CT molecular complexity index is 411. The van der Waals surface area contributed by atoms with Gasteiger partial charge in [0.1, 0.15) is 0 Å². The molecule has 1 atom stereocenters. The van der Waals surface area contributed by atoms with Crippen molar-refractivity contribution in [2.75, 3.05) is 31.6 Å². The van der Waals surface area contributed by atoms with Gasteiger partial charge in [0.15, 0.2) is 0 Å². The SMILES string of the molecule is CCCNc1ccnc(CN2CCCC(OCCC)C2)c1. The van der Waals surface area contributed by atoms with Crippen LogP contribution in [0.5, 0.6) is 0 Å². The normalized spacial score (nSPS) is 19.6. The maximum absolute atomic E-state index is 5.90. The zero-order chi connectivity index (χ0) is 14.9. The van der Waals surface area contributed by atoms with Gasteiger partial charge in [0.2, 0.25) is 0 Å². The Kier molecular flexibility index (Phi) is 6.96. The predicted octanol–water partition coefficient (Wildman–Crippen LogP) is 3.29. The fourth-order valence-electron chi connectivity index (χ4n) is 2.75. The van der Waals surface area contributed by atoms with E-state index in [-0.39, 0.29) is 0 Å². The number of nitrogens with zero attached hydrogens (tertiary/aromatic N) is 2. The Balaban J connectivity index is 1.85. The summed E-state index contributed by atoms with van der Waals surface area (Å²) in [6.07, 6.45) is 6.97. The molecule has 0 amide bonds. The van der Waals surface area contributed by atoms with Gasteiger partial charge in [0.25, 0.3) is 0 Å². The molecule has 0 spiro atoms. The molecule has 0 bridgehead atoms. The third-order valence-corrected chi connectivity index (χ3v) is 3.80. The number of anilines is 1. The first-order valence-electron chi connectivity index (χ1n) is 8.34. The molecule has 1 aromatic heterocycles. The molecular formula is C17H29N3O. The molecule has 1 saturated heterocycles. The van der Waals surface area contributed by atoms with E-state index >= 15 is 0 Å². The van der Waals surface area contributed by atoms with Crippen molar-refractivity contribution in [1.82, 2.24) is 9.88 Å². The second-order valence-electron chi connectivity index (χ2n) is 5.83. The summed E-state index contributed by atoms with van der Waals surface area (Å²) in [5.74, 6) is 0. The summed E-state index contributed by atoms with van der Waals surface area (Å²) < 4.78 is 5.90. The third-order valence-electron chi connectivity index (χ3n) is 3.80. The van der Waals surface area contributed by atoms with Crippen molar-refractivity contribution in [3.05, 3.63) is 24.0 Å². The Labute approximate surface area is 128 Å². The fraction of sp³-hybridized carbons (Fsp3) is 0.706. The number of hydrogen-bond acceptors (Lipinski definition) is 4. The van der Waals surface area contributed by atoms with Crippen LogP contribution in [-0.2, 0) is 11.3 Å². The van der Waals surface area contributed by atoms with Crippen LogP contribution in [0.2, 0.25) is 0 Å². The van der Waals surface area contributed by atoms with E-state index in [1.807, 2.05) is 12.3 Å². The number of nitrogens with one attached hydrogen (secondary N) is 1. The first-order chi connectivity index (χ1) is 10.3. The van der Waals surface area contributed by atoms with Gasteiger partial charge in [-0.1, -0.05) is 13.8 Å². The first kappa shape index (κ1) is 16.2. The highest BCUT2D eigenvalue weighted by Gasteiger charge is 2.20. The average molecular weight is 291 g/mol. The molecule has 4 nitrogen and oxygen atoms in total. The molecule has 0 aromatic carbocycles. The molecule has 2 heterocycles. The fourth-order valence-corrected chi connectivity index (χ4v) is 2.75. The Hall–Kier alpha value is -1.13. The van der Waals surface area contributed by atoms with Crippen LogP contribution in [0.4, 0.5) is 5.69 Å². The van der Waals surface area contributed by atoms with Crippen molar-refractivity contribution in [2.45, 2.75) is 52.2 Å². The van der Waals surface area contributed by atoms with E-state index in [9.17, 15) is 0 Å². The highest BCUT2D eigenvalue weighted by molar-refractivity contribution is 5.43. The molecule has 1 aliphatic heterocycles. The van der Waals surface area contributed by atoms with Crippen molar-refractivity contribution in [3.8, 4) is 0 Å². The van der Waals surface area contributed by atoms with Crippen LogP contribution in [0.15, 0.2) is 18.3 Å². The minimum absolute atomic E-state index is 0.403. The second-order valence-corrected chi connectivity index (χ2v) is 5.83. The van der Waals surface area contributed by atoms with E-state index in [0.29, 0.717) is 6.10 Å². The van der Waals surface area contributed by atoms with Crippen LogP contribution in [0.25, 0.3) is 0 Å². The monoisotopic (exact) mass is 291 g/mol. The van der Waals surface area contributed by atoms with E-state index in [0.717, 1.165) is 51.3 Å². The Morgan fingerprint density at radius 1 is 1.38 bits per heavy atom. The quantitative estimate of drug-likeness (QED) is 0.797. The number of aromatic nitrogens is 1. The number of hydrogen-bond donors (Lipinski definition) is 1. The molecule has 0 aliphatic carbocycles. The van der Waals surface area contributed by atoms with Gasteiger partial charge in [-0.25, -0.2) is 0 Å². The van der Waals surface area contributed by atoms with Gasteiger partial charge in [-0.2, -0.15) is 0 Å². The molecule has 118 valence electrons. The number of ether oxygens (including phenoxy) is 1. The maximum Gasteiger partial charge on any atom is 0.0702 e. The van der Waals surface area contributed by atoms with E-state index in [4.69, 9.17) is 4.74 Å². The summed E-state index contributed by atoms with van der Waals surface area (Å²) >= 11 is 0. The summed E-state index contributed by atoms with van der Waals surface area (Å²) in [4.78, 5) is 6.97. The second kappa shape index (κ2) is 9.00. The Morgan fingerprint density at radius 2 is 2.29 bits per heavy atom. The van der Waals surface area contributed by atoms with Crippen LogP contribution in [0, 0.1) is 0 Å². The van der Waals surface area contributed by atoms with E-state index in [2.05, 4.69) is 35.1 Å². The van der Waals surface area contributed by atoms with E-state index in [1.54, 1.807) is 0 Å². The standard InChI is InChI=1S/C17H29N3O/c1-3-8-18-15-7-9-19-16(12-15)13-20-10-5-6-17(14-20)21-11-4-2/h7,9,12,17H,3-6,8,10-11,13-14H2,1-2H3,(H,18,19). The van der Waals surface area contributed by atoms with Crippen LogP contribution in [0.1, 0.15) is 45.2 Å². The summed E-state index contributed by atoms with van der Waals surface area (Å²) in [5, 5.41) is 3.43. The van der Waals surface area contributed by atoms with Crippen molar-refractivity contribution in [2.24, 2.45) is 0 Å². The minimum Gasteiger partial charge on any atom is -0.385 e. The van der Waals surface area contributed by atoms with Crippen LogP contribution < -0.4 is 5.32 Å². The molecule has 0 radical (unpaired) electrons. The van der Waals surface area contributed by atoms with Gasteiger partial charge < -0.3 is 10.1 Å². The lowest BCUT2D eigenvalue weighted by Crippen LogP contribution is -2.39. The topological polar surface area (TPSA) is 37.4 Å². The number of pyridine rings is 1. The highest BCUT2D eigenvalue weighted by atomic mass is 16.5. The van der Waals surface area contributed by atoms with Gasteiger partial charge in [-0.05, 0) is 44.4 Å². The average Bonchev–Trinajstić information content (AvgIpc) is 2.52. The van der Waals surface area contributed by atoms with Crippen molar-refractivity contribution in [3.63, 3.8) is 0 Å². The minimum atomic E-state index is 0.403. The zero-order valence-electron chi connectivity index (χ0n) is 13.5. The molecule has 1 aliphatic rings. The Morgan fingerprint density at radius 3 is 3.10 bits per heavy atom. The highest BCUT2D eigenvalue weighted by Crippen LogP contribution is 2.17. The summed E-state index contributed by atoms with van der Waals surface area (Å²) in [6, 6.07) is 4.22. The summed E-state index contributed by atoms with van der Waals surface area (Å²) in [6.45, 7) is 9.36. The molecule has 0 saturated carbocycles. The molecular weight excluding hydrogens is 262 g/mol. The summed E-state index contributed by atoms with van der Waals surface area (Å²) in [5.41, 5.74) is 2.32. The van der Waals surface area contributed by atoms with Crippen LogP contribution in [0.3, 0.4) is 0 Å². The van der Waals surface area contributed by atoms with Crippen molar-refractivity contribution in [1.29, 1.82) is 0 Å². The van der Waals surface area contributed by atoms with Gasteiger partial charge in [-0.3, -0.25) is 9.88 Å². The van der Waals surface area contributed by atoms with E-state index < -0.39 is 0 Å². The van der Waals surface area contributed by atoms with E-state index in [1.165, 1.54) is 18.5 Å². The first-order valence-corrected chi connectivity index (χ1v) is 8.34. The lowest BCUT2D eigenvalue weighted by atomic mass is 10.1. The molecule has 21 heavy (non-hydrogen) atoms. The van der Waals surface area contributed by atoms with Gasteiger partial charge >= 0.3 is 0 Å². The predicted molar refractivity (Wildman–Crippen MR) is 87.6 cm³/mol. The lowest BCUT2D eigenvalue weighted by molar-refractivity contribution is -0.00251. The molecule has 4 heteroatoms. The smallest absolute Gasteiger partial charge is 0.0702 e. The van der Waals surface area contributed by atoms with Crippen LogP contribution >= 0.6 is 0 Å². The van der Waals surface area contributed by atoms with Gasteiger partial charge in [0.05, 0.1) is 11.8 Å². The summed E-state index contributed by atoms with van der Waals surface area (Å²) in [7, 11) is 0. The number of likely N-dealkylation sites (tertiary alicyclic amines) is 1. The van der Waals surface area contributed by atoms with Crippen LogP contribution in [-0.4, -0.2) is 42.2 Å². The lowest BCUT2D eigenvalue weighted by Gasteiger charge is -2.32. The molecule has 1 unspecified atom stereocenters. The van der Waals surface area contributed by atoms with Crippen molar-refractivity contribution < 1.29 is 4.74 Å².